The second-order valence-electron chi connectivity index (χ2n) is 6.73. The topological polar surface area (TPSA) is 44.7 Å². The minimum Gasteiger partial charge on any atom is -0.394 e. The number of aliphatic hydroxyl groups is 1. The van der Waals surface area contributed by atoms with Crippen LogP contribution in [-0.4, -0.2) is 61.0 Å². The third-order valence-corrected chi connectivity index (χ3v) is 4.06. The molecule has 0 aliphatic heterocycles. The Hall–Kier alpha value is -0.160. The van der Waals surface area contributed by atoms with E-state index in [-0.39, 0.29) is 12.1 Å². The molecular formula is C16H34N2O2. The largest absolute Gasteiger partial charge is 0.394 e. The summed E-state index contributed by atoms with van der Waals surface area (Å²) in [6.45, 7) is 9.65. The minimum absolute atomic E-state index is 0.134. The first-order chi connectivity index (χ1) is 9.50. The highest BCUT2D eigenvalue weighted by Gasteiger charge is 2.28. The lowest BCUT2D eigenvalue weighted by molar-refractivity contribution is 0.136. The van der Waals surface area contributed by atoms with E-state index in [1.54, 1.807) is 7.11 Å². The number of hydrogen-bond acceptors (Lipinski definition) is 4. The lowest BCUT2D eigenvalue weighted by Gasteiger charge is -2.31. The molecule has 1 unspecified atom stereocenters. The van der Waals surface area contributed by atoms with E-state index >= 15 is 0 Å². The SMILES string of the molecule is COCCN(CCCCC(C)(CO)NC(C)C)C1CC1. The van der Waals surface area contributed by atoms with Crippen LogP contribution in [0.1, 0.15) is 52.9 Å². The molecule has 1 saturated carbocycles. The maximum absolute atomic E-state index is 9.57. The van der Waals surface area contributed by atoms with Gasteiger partial charge in [0.2, 0.25) is 0 Å². The number of aliphatic hydroxyl groups excluding tert-OH is 1. The average molecular weight is 286 g/mol. The number of hydrogen-bond donors (Lipinski definition) is 2. The molecule has 0 saturated heterocycles. The van der Waals surface area contributed by atoms with Gasteiger partial charge < -0.3 is 15.2 Å². The standard InChI is InChI=1S/C16H34N2O2/c1-14(2)17-16(3,13-19)9-5-6-10-18(11-12-20-4)15-7-8-15/h14-15,17,19H,5-13H2,1-4H3. The van der Waals surface area contributed by atoms with Gasteiger partial charge in [-0.2, -0.15) is 0 Å². The number of nitrogens with zero attached hydrogens (tertiary/aromatic N) is 1. The molecule has 0 radical (unpaired) electrons. The molecule has 1 atom stereocenters. The van der Waals surface area contributed by atoms with E-state index in [4.69, 9.17) is 4.74 Å². The van der Waals surface area contributed by atoms with E-state index < -0.39 is 0 Å². The van der Waals surface area contributed by atoms with Crippen molar-refractivity contribution in [3.8, 4) is 0 Å². The smallest absolute Gasteiger partial charge is 0.0610 e. The molecule has 0 bridgehead atoms. The van der Waals surface area contributed by atoms with Gasteiger partial charge in [0.1, 0.15) is 0 Å². The van der Waals surface area contributed by atoms with Gasteiger partial charge in [0.05, 0.1) is 13.2 Å². The van der Waals surface area contributed by atoms with Crippen LogP contribution in [0, 0.1) is 0 Å². The van der Waals surface area contributed by atoms with Crippen molar-refractivity contribution in [2.24, 2.45) is 0 Å². The number of nitrogens with one attached hydrogen (secondary N) is 1. The van der Waals surface area contributed by atoms with Gasteiger partial charge in [-0.25, -0.2) is 0 Å². The van der Waals surface area contributed by atoms with E-state index in [1.807, 2.05) is 0 Å². The highest BCUT2D eigenvalue weighted by molar-refractivity contribution is 4.86. The van der Waals surface area contributed by atoms with Crippen molar-refractivity contribution in [3.05, 3.63) is 0 Å². The molecule has 0 heterocycles. The fraction of sp³-hybridized carbons (Fsp3) is 1.00. The van der Waals surface area contributed by atoms with Crippen molar-refractivity contribution in [2.75, 3.05) is 33.4 Å². The van der Waals surface area contributed by atoms with Crippen LogP contribution in [0.5, 0.6) is 0 Å². The zero-order valence-corrected chi connectivity index (χ0v) is 13.8. The van der Waals surface area contributed by atoms with Gasteiger partial charge in [-0.1, -0.05) is 20.3 Å². The van der Waals surface area contributed by atoms with E-state index in [9.17, 15) is 5.11 Å². The number of methoxy groups -OCH3 is 1. The molecule has 0 aromatic heterocycles. The maximum atomic E-state index is 9.57. The lowest BCUT2D eigenvalue weighted by atomic mass is 9.94. The molecule has 1 aliphatic rings. The fourth-order valence-corrected chi connectivity index (χ4v) is 2.85. The third kappa shape index (κ3) is 7.02. The third-order valence-electron chi connectivity index (χ3n) is 4.06. The van der Waals surface area contributed by atoms with E-state index in [0.717, 1.165) is 38.6 Å². The summed E-state index contributed by atoms with van der Waals surface area (Å²) in [6.07, 6.45) is 6.10. The molecule has 4 heteroatoms. The summed E-state index contributed by atoms with van der Waals surface area (Å²) >= 11 is 0. The molecule has 0 amide bonds. The van der Waals surface area contributed by atoms with Crippen LogP contribution in [0.15, 0.2) is 0 Å². The van der Waals surface area contributed by atoms with Crippen molar-refractivity contribution in [3.63, 3.8) is 0 Å². The van der Waals surface area contributed by atoms with E-state index in [0.29, 0.717) is 6.04 Å². The Balaban J connectivity index is 2.21. The summed E-state index contributed by atoms with van der Waals surface area (Å²) in [5.41, 5.74) is -0.134. The molecule has 0 aromatic rings. The van der Waals surface area contributed by atoms with Gasteiger partial charge in [-0.3, -0.25) is 4.90 Å². The van der Waals surface area contributed by atoms with Crippen molar-refractivity contribution in [1.82, 2.24) is 10.2 Å². The molecule has 0 aromatic carbocycles. The van der Waals surface area contributed by atoms with Crippen molar-refractivity contribution in [2.45, 2.75) is 70.5 Å². The predicted molar refractivity (Wildman–Crippen MR) is 84.1 cm³/mol. The second kappa shape index (κ2) is 8.98. The zero-order valence-electron chi connectivity index (χ0n) is 13.8. The first kappa shape index (κ1) is 17.9. The minimum atomic E-state index is -0.134. The molecule has 1 fully saturated rings. The van der Waals surface area contributed by atoms with Crippen molar-refractivity contribution < 1.29 is 9.84 Å². The maximum Gasteiger partial charge on any atom is 0.0610 e. The Kier molecular flexibility index (Phi) is 8.03. The van der Waals surface area contributed by atoms with Crippen LogP contribution >= 0.6 is 0 Å². The summed E-state index contributed by atoms with van der Waals surface area (Å²) in [4.78, 5) is 2.57. The Morgan fingerprint density at radius 3 is 2.50 bits per heavy atom. The fourth-order valence-electron chi connectivity index (χ4n) is 2.85. The molecule has 0 spiro atoms. The van der Waals surface area contributed by atoms with Gasteiger partial charge >= 0.3 is 0 Å². The van der Waals surface area contributed by atoms with E-state index in [2.05, 4.69) is 31.0 Å². The van der Waals surface area contributed by atoms with Gasteiger partial charge in [-0.15, -0.1) is 0 Å². The number of ether oxygens (including phenoxy) is 1. The van der Waals surface area contributed by atoms with Crippen LogP contribution in [-0.2, 0) is 4.74 Å². The molecule has 120 valence electrons. The molecule has 1 rings (SSSR count). The Bertz CT molecular complexity index is 257. The Morgan fingerprint density at radius 2 is 2.00 bits per heavy atom. The van der Waals surface area contributed by atoms with Crippen molar-refractivity contribution in [1.29, 1.82) is 0 Å². The molecule has 4 nitrogen and oxygen atoms in total. The summed E-state index contributed by atoms with van der Waals surface area (Å²) in [5.74, 6) is 0. The van der Waals surface area contributed by atoms with Crippen LogP contribution in [0.3, 0.4) is 0 Å². The van der Waals surface area contributed by atoms with Crippen molar-refractivity contribution >= 4 is 0 Å². The zero-order chi connectivity index (χ0) is 15.0. The molecular weight excluding hydrogens is 252 g/mol. The predicted octanol–water partition coefficient (Wildman–Crippen LogP) is 2.02. The normalized spacial score (nSPS) is 18.8. The monoisotopic (exact) mass is 286 g/mol. The first-order valence-corrected chi connectivity index (χ1v) is 8.12. The average Bonchev–Trinajstić information content (AvgIpc) is 3.21. The number of rotatable bonds is 12. The van der Waals surface area contributed by atoms with Crippen LogP contribution in [0.2, 0.25) is 0 Å². The summed E-state index contributed by atoms with van der Waals surface area (Å²) < 4.78 is 5.19. The molecule has 2 N–H and O–H groups in total. The highest BCUT2D eigenvalue weighted by Crippen LogP contribution is 2.27. The molecule has 20 heavy (non-hydrogen) atoms. The second-order valence-corrected chi connectivity index (χ2v) is 6.73. The molecule has 1 aliphatic carbocycles. The van der Waals surface area contributed by atoms with E-state index in [1.165, 1.54) is 19.3 Å². The quantitative estimate of drug-likeness (QED) is 0.539. The van der Waals surface area contributed by atoms with Crippen LogP contribution in [0.25, 0.3) is 0 Å². The summed E-state index contributed by atoms with van der Waals surface area (Å²) in [6, 6.07) is 1.22. The Labute approximate surface area is 124 Å². The van der Waals surface area contributed by atoms with Gasteiger partial charge in [0.15, 0.2) is 0 Å². The lowest BCUT2D eigenvalue weighted by Crippen LogP contribution is -2.49. The van der Waals surface area contributed by atoms with Crippen LogP contribution in [0.4, 0.5) is 0 Å². The van der Waals surface area contributed by atoms with Crippen LogP contribution < -0.4 is 5.32 Å². The van der Waals surface area contributed by atoms with Gasteiger partial charge in [-0.05, 0) is 39.2 Å². The summed E-state index contributed by atoms with van der Waals surface area (Å²) in [7, 11) is 1.77. The first-order valence-electron chi connectivity index (χ1n) is 8.12. The van der Waals surface area contributed by atoms with Gasteiger partial charge in [0, 0.05) is 31.3 Å². The van der Waals surface area contributed by atoms with Gasteiger partial charge in [0.25, 0.3) is 0 Å². The highest BCUT2D eigenvalue weighted by atomic mass is 16.5. The number of unbranched alkanes of at least 4 members (excludes halogenated alkanes) is 1. The Morgan fingerprint density at radius 1 is 1.30 bits per heavy atom. The summed E-state index contributed by atoms with van der Waals surface area (Å²) in [5, 5.41) is 13.0.